The molecule has 1 aromatic heterocycles. The minimum absolute atomic E-state index is 0.144. The summed E-state index contributed by atoms with van der Waals surface area (Å²) >= 11 is 1.77. The number of aliphatic hydroxyl groups excluding tert-OH is 1. The van der Waals surface area contributed by atoms with Crippen molar-refractivity contribution in [2.75, 3.05) is 32.8 Å². The summed E-state index contributed by atoms with van der Waals surface area (Å²) in [5.74, 6) is 6.08. The Hall–Kier alpha value is -0.860. The van der Waals surface area contributed by atoms with Crippen molar-refractivity contribution in [2.45, 2.75) is 32.9 Å². The molecule has 1 aliphatic heterocycles. The molecule has 1 saturated heterocycles. The van der Waals surface area contributed by atoms with Crippen molar-refractivity contribution in [2.24, 2.45) is 0 Å². The molecule has 20 heavy (non-hydrogen) atoms. The fourth-order valence-electron chi connectivity index (χ4n) is 2.39. The van der Waals surface area contributed by atoms with Gasteiger partial charge in [-0.25, -0.2) is 0 Å². The standard InChI is InChI=1S/C16H24N2OS/c1-14(2)18-10-8-17(9-11-18)13-16-7-6-15(20-16)5-3-4-12-19/h6-7,14,19H,4,8-13H2,1-2H3. The maximum Gasteiger partial charge on any atom is 0.0771 e. The van der Waals surface area contributed by atoms with Crippen molar-refractivity contribution < 1.29 is 5.11 Å². The molecular weight excluding hydrogens is 268 g/mol. The number of aliphatic hydroxyl groups is 1. The van der Waals surface area contributed by atoms with Crippen LogP contribution in [-0.2, 0) is 6.54 Å². The molecule has 1 fully saturated rings. The average molecular weight is 292 g/mol. The van der Waals surface area contributed by atoms with Crippen LogP contribution in [0.5, 0.6) is 0 Å². The van der Waals surface area contributed by atoms with Crippen molar-refractivity contribution in [3.63, 3.8) is 0 Å². The molecule has 2 rings (SSSR count). The Bertz CT molecular complexity index is 464. The lowest BCUT2D eigenvalue weighted by atomic mass is 10.2. The molecule has 0 spiro atoms. The van der Waals surface area contributed by atoms with Crippen LogP contribution < -0.4 is 0 Å². The lowest BCUT2D eigenvalue weighted by molar-refractivity contribution is 0.105. The van der Waals surface area contributed by atoms with E-state index in [0.29, 0.717) is 12.5 Å². The third-order valence-corrected chi connectivity index (χ3v) is 4.61. The molecule has 0 unspecified atom stereocenters. The monoisotopic (exact) mass is 292 g/mol. The zero-order valence-corrected chi connectivity index (χ0v) is 13.2. The largest absolute Gasteiger partial charge is 0.395 e. The first-order chi connectivity index (χ1) is 9.69. The van der Waals surface area contributed by atoms with Crippen LogP contribution in [0.3, 0.4) is 0 Å². The third kappa shape index (κ3) is 4.60. The van der Waals surface area contributed by atoms with Crippen LogP contribution >= 0.6 is 11.3 Å². The minimum Gasteiger partial charge on any atom is -0.395 e. The van der Waals surface area contributed by atoms with Crippen LogP contribution in [0, 0.1) is 11.8 Å². The van der Waals surface area contributed by atoms with Crippen LogP contribution in [0.2, 0.25) is 0 Å². The molecule has 0 amide bonds. The fraction of sp³-hybridized carbons (Fsp3) is 0.625. The van der Waals surface area contributed by atoms with Gasteiger partial charge in [-0.2, -0.15) is 0 Å². The van der Waals surface area contributed by atoms with Crippen molar-refractivity contribution in [3.05, 3.63) is 21.9 Å². The smallest absolute Gasteiger partial charge is 0.0771 e. The van der Waals surface area contributed by atoms with Gasteiger partial charge in [0.05, 0.1) is 11.5 Å². The molecule has 4 heteroatoms. The Morgan fingerprint density at radius 1 is 1.25 bits per heavy atom. The first-order valence-electron chi connectivity index (χ1n) is 7.34. The topological polar surface area (TPSA) is 26.7 Å². The van der Waals surface area contributed by atoms with Gasteiger partial charge in [-0.1, -0.05) is 11.8 Å². The Kier molecular flexibility index (Phi) is 6.06. The number of hydrogen-bond donors (Lipinski definition) is 1. The van der Waals surface area contributed by atoms with Gasteiger partial charge in [0.2, 0.25) is 0 Å². The van der Waals surface area contributed by atoms with E-state index in [-0.39, 0.29) is 6.61 Å². The second-order valence-electron chi connectivity index (χ2n) is 5.45. The van der Waals surface area contributed by atoms with E-state index in [1.54, 1.807) is 11.3 Å². The van der Waals surface area contributed by atoms with Crippen LogP contribution in [0.15, 0.2) is 12.1 Å². The highest BCUT2D eigenvalue weighted by Gasteiger charge is 2.18. The van der Waals surface area contributed by atoms with E-state index in [2.05, 4.69) is 47.6 Å². The van der Waals surface area contributed by atoms with Crippen LogP contribution in [0.1, 0.15) is 30.0 Å². The van der Waals surface area contributed by atoms with E-state index in [1.165, 1.54) is 18.0 Å². The van der Waals surface area contributed by atoms with Crippen LogP contribution in [0.25, 0.3) is 0 Å². The second-order valence-corrected chi connectivity index (χ2v) is 6.62. The molecule has 0 atom stereocenters. The predicted octanol–water partition coefficient (Wildman–Crippen LogP) is 2.01. The highest BCUT2D eigenvalue weighted by Crippen LogP contribution is 2.18. The molecule has 0 radical (unpaired) electrons. The summed E-state index contributed by atoms with van der Waals surface area (Å²) < 4.78 is 0. The van der Waals surface area contributed by atoms with Crippen LogP contribution in [-0.4, -0.2) is 53.7 Å². The Morgan fingerprint density at radius 3 is 2.65 bits per heavy atom. The van der Waals surface area contributed by atoms with Gasteiger partial charge < -0.3 is 5.11 Å². The van der Waals surface area contributed by atoms with E-state index >= 15 is 0 Å². The zero-order chi connectivity index (χ0) is 14.4. The fourth-order valence-corrected chi connectivity index (χ4v) is 3.32. The van der Waals surface area contributed by atoms with Crippen molar-refractivity contribution in [1.29, 1.82) is 0 Å². The first-order valence-corrected chi connectivity index (χ1v) is 8.15. The normalized spacial score (nSPS) is 17.2. The second kappa shape index (κ2) is 7.80. The van der Waals surface area contributed by atoms with Gasteiger partial charge in [0.1, 0.15) is 0 Å². The summed E-state index contributed by atoms with van der Waals surface area (Å²) in [4.78, 5) is 7.55. The molecule has 0 saturated carbocycles. The highest BCUT2D eigenvalue weighted by atomic mass is 32.1. The third-order valence-electron chi connectivity index (χ3n) is 3.63. The maximum absolute atomic E-state index is 8.72. The van der Waals surface area contributed by atoms with Gasteiger partial charge in [-0.05, 0) is 26.0 Å². The zero-order valence-electron chi connectivity index (χ0n) is 12.4. The van der Waals surface area contributed by atoms with Gasteiger partial charge in [0.25, 0.3) is 0 Å². The number of nitrogens with zero attached hydrogens (tertiary/aromatic N) is 2. The number of piperazine rings is 1. The molecule has 1 N–H and O–H groups in total. The molecule has 110 valence electrons. The van der Waals surface area contributed by atoms with E-state index < -0.39 is 0 Å². The van der Waals surface area contributed by atoms with E-state index in [9.17, 15) is 0 Å². The number of rotatable bonds is 4. The Balaban J connectivity index is 1.82. The lowest BCUT2D eigenvalue weighted by Gasteiger charge is -2.36. The number of hydrogen-bond acceptors (Lipinski definition) is 4. The van der Waals surface area contributed by atoms with Crippen molar-refractivity contribution in [3.8, 4) is 11.8 Å². The summed E-state index contributed by atoms with van der Waals surface area (Å²) in [5.41, 5.74) is 0. The quantitative estimate of drug-likeness (QED) is 0.860. The summed E-state index contributed by atoms with van der Waals surface area (Å²) in [5, 5.41) is 8.72. The molecule has 1 aliphatic rings. The summed E-state index contributed by atoms with van der Waals surface area (Å²) in [6, 6.07) is 4.93. The minimum atomic E-state index is 0.144. The summed E-state index contributed by atoms with van der Waals surface area (Å²) in [6.07, 6.45) is 0.560. The molecule has 0 bridgehead atoms. The van der Waals surface area contributed by atoms with E-state index in [1.807, 2.05) is 0 Å². The van der Waals surface area contributed by atoms with E-state index in [0.717, 1.165) is 24.5 Å². The molecule has 0 aromatic carbocycles. The summed E-state index contributed by atoms with van der Waals surface area (Å²) in [6.45, 7) is 10.4. The molecule has 1 aromatic rings. The lowest BCUT2D eigenvalue weighted by Crippen LogP contribution is -2.48. The number of thiophene rings is 1. The highest BCUT2D eigenvalue weighted by molar-refractivity contribution is 7.12. The van der Waals surface area contributed by atoms with Crippen molar-refractivity contribution in [1.82, 2.24) is 9.80 Å². The van der Waals surface area contributed by atoms with Gasteiger partial charge in [0, 0.05) is 50.1 Å². The SMILES string of the molecule is CC(C)N1CCN(Cc2ccc(C#CCCO)s2)CC1. The van der Waals surface area contributed by atoms with E-state index in [4.69, 9.17) is 5.11 Å². The average Bonchev–Trinajstić information content (AvgIpc) is 2.87. The molecule has 3 nitrogen and oxygen atoms in total. The Morgan fingerprint density at radius 2 is 2.00 bits per heavy atom. The summed E-state index contributed by atoms with van der Waals surface area (Å²) in [7, 11) is 0. The van der Waals surface area contributed by atoms with Crippen LogP contribution in [0.4, 0.5) is 0 Å². The van der Waals surface area contributed by atoms with Gasteiger partial charge in [0.15, 0.2) is 0 Å². The van der Waals surface area contributed by atoms with Gasteiger partial charge in [-0.15, -0.1) is 11.3 Å². The first kappa shape index (κ1) is 15.5. The van der Waals surface area contributed by atoms with Gasteiger partial charge in [-0.3, -0.25) is 9.80 Å². The molecule has 0 aliphatic carbocycles. The molecular formula is C16H24N2OS. The van der Waals surface area contributed by atoms with Gasteiger partial charge >= 0.3 is 0 Å². The van der Waals surface area contributed by atoms with Crippen molar-refractivity contribution >= 4 is 11.3 Å². The Labute approximate surface area is 126 Å². The molecule has 2 heterocycles. The predicted molar refractivity (Wildman–Crippen MR) is 84.9 cm³/mol. The maximum atomic E-state index is 8.72.